The first-order valence-electron chi connectivity index (χ1n) is 11.6. The van der Waals surface area contributed by atoms with E-state index in [2.05, 4.69) is 43.0 Å². The number of pyridine rings is 1. The maximum absolute atomic E-state index is 12.9. The number of unbranched alkanes of at least 4 members (excludes halogenated alkanes) is 3. The molecule has 0 aliphatic heterocycles. The van der Waals surface area contributed by atoms with E-state index in [4.69, 9.17) is 0 Å². The van der Waals surface area contributed by atoms with Crippen molar-refractivity contribution in [2.75, 3.05) is 0 Å². The van der Waals surface area contributed by atoms with Crippen LogP contribution in [0.1, 0.15) is 68.2 Å². The molecule has 0 aromatic carbocycles. The summed E-state index contributed by atoms with van der Waals surface area (Å²) in [6.07, 6.45) is 3.50. The van der Waals surface area contributed by atoms with Crippen LogP contribution in [0, 0.1) is 0 Å². The number of halogens is 3. The van der Waals surface area contributed by atoms with Crippen molar-refractivity contribution in [3.63, 3.8) is 0 Å². The molecule has 8 heteroatoms. The van der Waals surface area contributed by atoms with Crippen LogP contribution in [0.2, 0.25) is 0 Å². The average molecular weight is 502 g/mol. The number of fused-ring (bicyclic) bond motifs is 3. The lowest BCUT2D eigenvalue weighted by molar-refractivity contribution is -0.141. The number of hydrogen-bond acceptors (Lipinski definition) is 4. The Balaban J connectivity index is 1.39. The van der Waals surface area contributed by atoms with E-state index in [1.54, 1.807) is 23.6 Å². The number of aryl methyl sites for hydroxylation is 1. The van der Waals surface area contributed by atoms with Gasteiger partial charge in [-0.05, 0) is 54.3 Å². The monoisotopic (exact) mass is 501 g/mol. The van der Waals surface area contributed by atoms with E-state index in [0.717, 1.165) is 22.9 Å². The van der Waals surface area contributed by atoms with Crippen LogP contribution >= 0.6 is 22.7 Å². The third kappa shape index (κ3) is 4.11. The summed E-state index contributed by atoms with van der Waals surface area (Å²) in [6, 6.07) is 9.29. The average Bonchev–Trinajstić information content (AvgIpc) is 3.56. The Morgan fingerprint density at radius 2 is 1.71 bits per heavy atom. The zero-order valence-electron chi connectivity index (χ0n) is 19.3. The number of aromatic nitrogens is 3. The molecular weight excluding hydrogens is 475 g/mol. The highest BCUT2D eigenvalue weighted by Gasteiger charge is 2.39. The highest BCUT2D eigenvalue weighted by Crippen LogP contribution is 2.56. The van der Waals surface area contributed by atoms with Gasteiger partial charge in [-0.1, -0.05) is 40.0 Å². The van der Waals surface area contributed by atoms with Gasteiger partial charge in [-0.2, -0.15) is 18.3 Å². The first-order valence-corrected chi connectivity index (χ1v) is 13.2. The Labute approximate surface area is 205 Å². The maximum Gasteiger partial charge on any atom is 0.432 e. The van der Waals surface area contributed by atoms with Crippen molar-refractivity contribution in [3.8, 4) is 31.6 Å². The molecule has 1 aliphatic carbocycles. The van der Waals surface area contributed by atoms with Crippen molar-refractivity contribution in [1.29, 1.82) is 0 Å². The van der Waals surface area contributed by atoms with E-state index in [0.29, 0.717) is 5.69 Å². The summed E-state index contributed by atoms with van der Waals surface area (Å²) in [5, 5.41) is 5.81. The van der Waals surface area contributed by atoms with Crippen molar-refractivity contribution in [2.45, 2.75) is 64.5 Å². The van der Waals surface area contributed by atoms with E-state index >= 15 is 0 Å². The molecule has 178 valence electrons. The van der Waals surface area contributed by atoms with Crippen LogP contribution in [0.3, 0.4) is 0 Å². The zero-order chi connectivity index (χ0) is 24.1. The molecule has 0 spiro atoms. The van der Waals surface area contributed by atoms with Gasteiger partial charge in [0.1, 0.15) is 11.4 Å². The Kier molecular flexibility index (Phi) is 5.92. The van der Waals surface area contributed by atoms with Gasteiger partial charge in [0.05, 0.1) is 5.69 Å². The fourth-order valence-electron chi connectivity index (χ4n) is 4.52. The molecule has 5 rings (SSSR count). The van der Waals surface area contributed by atoms with Gasteiger partial charge < -0.3 is 0 Å². The lowest BCUT2D eigenvalue weighted by Crippen LogP contribution is -2.13. The molecule has 4 aromatic rings. The van der Waals surface area contributed by atoms with Crippen molar-refractivity contribution in [1.82, 2.24) is 15.2 Å². The van der Waals surface area contributed by atoms with Crippen molar-refractivity contribution in [3.05, 3.63) is 58.2 Å². The molecule has 1 N–H and O–H groups in total. The number of hydrogen-bond donors (Lipinski definition) is 1. The second-order valence-corrected chi connectivity index (χ2v) is 11.5. The molecule has 0 bridgehead atoms. The summed E-state index contributed by atoms with van der Waals surface area (Å²) >= 11 is 3.70. The van der Waals surface area contributed by atoms with E-state index in [-0.39, 0.29) is 11.1 Å². The topological polar surface area (TPSA) is 41.6 Å². The van der Waals surface area contributed by atoms with Crippen LogP contribution in [0.5, 0.6) is 0 Å². The van der Waals surface area contributed by atoms with Crippen LogP contribution in [0.25, 0.3) is 31.6 Å². The molecule has 0 fully saturated rings. The molecule has 34 heavy (non-hydrogen) atoms. The quantitative estimate of drug-likeness (QED) is 0.257. The number of aromatic amines is 1. The van der Waals surface area contributed by atoms with Crippen LogP contribution in [-0.2, 0) is 18.0 Å². The third-order valence-electron chi connectivity index (χ3n) is 6.54. The van der Waals surface area contributed by atoms with E-state index in [9.17, 15) is 13.2 Å². The van der Waals surface area contributed by atoms with Crippen molar-refractivity contribution < 1.29 is 13.2 Å². The summed E-state index contributed by atoms with van der Waals surface area (Å²) in [6.45, 7) is 6.82. The van der Waals surface area contributed by atoms with Gasteiger partial charge in [0, 0.05) is 36.7 Å². The van der Waals surface area contributed by atoms with Gasteiger partial charge in [-0.3, -0.25) is 10.1 Å². The predicted octanol–water partition coefficient (Wildman–Crippen LogP) is 8.71. The Hall–Kier alpha value is -2.45. The second kappa shape index (κ2) is 8.64. The van der Waals surface area contributed by atoms with Crippen LogP contribution in [-0.4, -0.2) is 15.2 Å². The van der Waals surface area contributed by atoms with Crippen LogP contribution in [0.4, 0.5) is 13.2 Å². The Morgan fingerprint density at radius 1 is 0.941 bits per heavy atom. The number of alkyl halides is 3. The molecule has 0 unspecified atom stereocenters. The number of H-pyrrole nitrogens is 1. The third-order valence-corrected chi connectivity index (χ3v) is 9.08. The van der Waals surface area contributed by atoms with Crippen LogP contribution in [0.15, 0.2) is 36.5 Å². The predicted molar refractivity (Wildman–Crippen MR) is 133 cm³/mol. The molecule has 0 amide bonds. The first kappa shape index (κ1) is 23.3. The summed E-state index contributed by atoms with van der Waals surface area (Å²) in [5.41, 5.74) is 3.43. The fraction of sp³-hybridized carbons (Fsp3) is 0.385. The lowest BCUT2D eigenvalue weighted by atomic mass is 9.83. The van der Waals surface area contributed by atoms with E-state index in [1.165, 1.54) is 51.4 Å². The smallest absolute Gasteiger partial charge is 0.273 e. The molecule has 3 nitrogen and oxygen atoms in total. The van der Waals surface area contributed by atoms with Gasteiger partial charge in [-0.15, -0.1) is 22.7 Å². The fourth-order valence-corrected chi connectivity index (χ4v) is 7.35. The first-order chi connectivity index (χ1) is 16.2. The minimum atomic E-state index is -4.45. The normalized spacial score (nSPS) is 14.4. The molecule has 0 atom stereocenters. The van der Waals surface area contributed by atoms with E-state index in [1.807, 2.05) is 22.5 Å². The van der Waals surface area contributed by atoms with Crippen molar-refractivity contribution >= 4 is 22.7 Å². The van der Waals surface area contributed by atoms with Crippen LogP contribution < -0.4 is 0 Å². The summed E-state index contributed by atoms with van der Waals surface area (Å²) in [5.74, 6) is 0. The Bertz CT molecular complexity index is 1310. The highest BCUT2D eigenvalue weighted by molar-refractivity contribution is 7.24. The van der Waals surface area contributed by atoms with Gasteiger partial charge in [0.15, 0.2) is 0 Å². The SMILES string of the molecule is CCCCCCc1cc2c(s1)-c1sc(-c3ccc(-c4cc(C(F)(F)F)[nH]n4)nc3)cc1C2(C)C. The minimum absolute atomic E-state index is 0.0337. The molecule has 0 saturated carbocycles. The minimum Gasteiger partial charge on any atom is -0.273 e. The number of nitrogens with one attached hydrogen (secondary N) is 1. The van der Waals surface area contributed by atoms with E-state index < -0.39 is 11.9 Å². The Morgan fingerprint density at radius 3 is 2.38 bits per heavy atom. The van der Waals surface area contributed by atoms with Gasteiger partial charge in [0.25, 0.3) is 0 Å². The number of nitrogens with zero attached hydrogens (tertiary/aromatic N) is 2. The highest BCUT2D eigenvalue weighted by atomic mass is 32.1. The number of rotatable bonds is 7. The molecule has 0 radical (unpaired) electrons. The summed E-state index contributed by atoms with van der Waals surface area (Å²) < 4.78 is 38.6. The molecular formula is C26H26F3N3S2. The zero-order valence-corrected chi connectivity index (χ0v) is 21.0. The summed E-state index contributed by atoms with van der Waals surface area (Å²) in [7, 11) is 0. The number of thiophene rings is 2. The maximum atomic E-state index is 12.9. The standard InChI is InChI=1S/C26H26F3N3S2/c1-4-5-6-7-8-16-11-17-23(33-16)24-18(25(17,2)3)12-21(34-24)15-9-10-19(30-14-15)20-13-22(32-31-20)26(27,28)29/h9-14H,4-8H2,1-3H3,(H,31,32). The lowest BCUT2D eigenvalue weighted by Gasteiger charge is -2.19. The van der Waals surface area contributed by atoms with Gasteiger partial charge >= 0.3 is 6.18 Å². The van der Waals surface area contributed by atoms with Crippen molar-refractivity contribution in [2.24, 2.45) is 0 Å². The molecule has 0 saturated heterocycles. The van der Waals surface area contributed by atoms with Gasteiger partial charge in [-0.25, -0.2) is 0 Å². The van der Waals surface area contributed by atoms with Gasteiger partial charge in [0.2, 0.25) is 0 Å². The largest absolute Gasteiger partial charge is 0.432 e. The molecule has 1 aliphatic rings. The second-order valence-electron chi connectivity index (χ2n) is 9.34. The molecule has 4 heterocycles. The summed E-state index contributed by atoms with van der Waals surface area (Å²) in [4.78, 5) is 9.72. The molecule has 4 aromatic heterocycles.